The normalized spacial score (nSPS) is 10.6. The molecule has 8 heteroatoms. The smallest absolute Gasteiger partial charge is 0.251 e. The molecule has 0 unspecified atom stereocenters. The van der Waals surface area contributed by atoms with Gasteiger partial charge in [-0.2, -0.15) is 9.37 Å². The van der Waals surface area contributed by atoms with E-state index in [2.05, 4.69) is 20.9 Å². The van der Waals surface area contributed by atoms with E-state index in [0.29, 0.717) is 0 Å². The lowest BCUT2D eigenvalue weighted by molar-refractivity contribution is 0.467. The van der Waals surface area contributed by atoms with Crippen molar-refractivity contribution in [2.24, 2.45) is 0 Å². The lowest BCUT2D eigenvalue weighted by atomic mass is 10.3. The number of nitrogens with zero attached hydrogens (tertiary/aromatic N) is 1. The zero-order valence-electron chi connectivity index (χ0n) is 8.95. The second kappa shape index (κ2) is 5.12. The first-order valence-corrected chi connectivity index (χ1v) is 5.61. The predicted molar refractivity (Wildman–Crippen MR) is 61.5 cm³/mol. The maximum atomic E-state index is 13.5. The molecule has 1 N–H and O–H groups in total. The SMILES string of the molecule is Fc1cc(Nc2nc(F)c(F)cc2F)c(F)cc1Br. The summed E-state index contributed by atoms with van der Waals surface area (Å²) in [5.41, 5.74) is -0.460. The molecule has 0 aliphatic heterocycles. The van der Waals surface area contributed by atoms with Crippen LogP contribution in [0.3, 0.4) is 0 Å². The fourth-order valence-corrected chi connectivity index (χ4v) is 1.59. The maximum Gasteiger partial charge on any atom is 0.251 e. The number of pyridine rings is 1. The molecular weight excluding hydrogens is 335 g/mol. The van der Waals surface area contributed by atoms with Gasteiger partial charge in [-0.05, 0) is 22.0 Å². The van der Waals surface area contributed by atoms with E-state index in [1.54, 1.807) is 0 Å². The Bertz CT molecular complexity index is 592. The van der Waals surface area contributed by atoms with Crippen LogP contribution in [-0.2, 0) is 0 Å². The number of anilines is 2. The Labute approximate surface area is 112 Å². The van der Waals surface area contributed by atoms with Gasteiger partial charge in [0.1, 0.15) is 11.6 Å². The van der Waals surface area contributed by atoms with Gasteiger partial charge in [0.2, 0.25) is 0 Å². The number of aromatic nitrogens is 1. The van der Waals surface area contributed by atoms with Crippen LogP contribution < -0.4 is 5.32 Å². The van der Waals surface area contributed by atoms with Crippen LogP contribution in [0, 0.1) is 29.2 Å². The Morgan fingerprint density at radius 2 is 1.53 bits per heavy atom. The molecule has 1 aromatic carbocycles. The van der Waals surface area contributed by atoms with Crippen LogP contribution in [0.25, 0.3) is 0 Å². The molecule has 19 heavy (non-hydrogen) atoms. The minimum Gasteiger partial charge on any atom is -0.335 e. The third kappa shape index (κ3) is 2.83. The van der Waals surface area contributed by atoms with Gasteiger partial charge in [0, 0.05) is 12.1 Å². The topological polar surface area (TPSA) is 24.9 Å². The molecule has 0 saturated heterocycles. The first-order valence-electron chi connectivity index (χ1n) is 4.81. The molecule has 2 nitrogen and oxygen atoms in total. The van der Waals surface area contributed by atoms with Gasteiger partial charge in [-0.15, -0.1) is 0 Å². The molecule has 0 saturated carbocycles. The van der Waals surface area contributed by atoms with Gasteiger partial charge in [0.25, 0.3) is 5.95 Å². The molecular formula is C11H4BrF5N2. The Hall–Kier alpha value is -1.70. The highest BCUT2D eigenvalue weighted by atomic mass is 79.9. The maximum absolute atomic E-state index is 13.5. The fourth-order valence-electron chi connectivity index (χ4n) is 1.28. The summed E-state index contributed by atoms with van der Waals surface area (Å²) >= 11 is 2.76. The average molecular weight is 339 g/mol. The van der Waals surface area contributed by atoms with Crippen molar-refractivity contribution in [1.82, 2.24) is 4.98 Å². The Kier molecular flexibility index (Phi) is 3.70. The van der Waals surface area contributed by atoms with E-state index in [9.17, 15) is 22.0 Å². The molecule has 100 valence electrons. The Balaban J connectivity index is 2.42. The van der Waals surface area contributed by atoms with E-state index in [-0.39, 0.29) is 10.5 Å². The highest BCUT2D eigenvalue weighted by Crippen LogP contribution is 2.26. The van der Waals surface area contributed by atoms with E-state index in [0.717, 1.165) is 12.1 Å². The third-order valence-corrected chi connectivity index (χ3v) is 2.76. The van der Waals surface area contributed by atoms with E-state index in [1.165, 1.54) is 0 Å². The number of hydrogen-bond acceptors (Lipinski definition) is 2. The largest absolute Gasteiger partial charge is 0.335 e. The van der Waals surface area contributed by atoms with Gasteiger partial charge >= 0.3 is 0 Å². The summed E-state index contributed by atoms with van der Waals surface area (Å²) in [5.74, 6) is -6.75. The predicted octanol–water partition coefficient (Wildman–Crippen LogP) is 4.28. The van der Waals surface area contributed by atoms with Crippen LogP contribution in [0.4, 0.5) is 33.5 Å². The van der Waals surface area contributed by atoms with Crippen LogP contribution in [0.1, 0.15) is 0 Å². The summed E-state index contributed by atoms with van der Waals surface area (Å²) in [5, 5.41) is 2.05. The number of nitrogens with one attached hydrogen (secondary N) is 1. The Morgan fingerprint density at radius 1 is 0.842 bits per heavy atom. The molecule has 0 aliphatic rings. The monoisotopic (exact) mass is 338 g/mol. The first kappa shape index (κ1) is 13.7. The minimum absolute atomic E-state index is 0.130. The van der Waals surface area contributed by atoms with Crippen molar-refractivity contribution in [2.75, 3.05) is 5.32 Å². The second-order valence-electron chi connectivity index (χ2n) is 3.46. The Morgan fingerprint density at radius 3 is 2.21 bits per heavy atom. The zero-order chi connectivity index (χ0) is 14.2. The quantitative estimate of drug-likeness (QED) is 0.502. The summed E-state index contributed by atoms with van der Waals surface area (Å²) in [6, 6.07) is 1.77. The fraction of sp³-hybridized carbons (Fsp3) is 0. The van der Waals surface area contributed by atoms with Gasteiger partial charge in [-0.3, -0.25) is 0 Å². The van der Waals surface area contributed by atoms with Gasteiger partial charge in [0.05, 0.1) is 10.2 Å². The van der Waals surface area contributed by atoms with Gasteiger partial charge in [-0.25, -0.2) is 17.6 Å². The van der Waals surface area contributed by atoms with E-state index < -0.39 is 40.7 Å². The summed E-state index contributed by atoms with van der Waals surface area (Å²) in [6.07, 6.45) is 0. The van der Waals surface area contributed by atoms with Gasteiger partial charge in [-0.1, -0.05) is 0 Å². The molecule has 0 aliphatic carbocycles. The molecule has 0 amide bonds. The molecule has 0 spiro atoms. The first-order chi connectivity index (χ1) is 8.88. The lowest BCUT2D eigenvalue weighted by Crippen LogP contribution is -2.03. The molecule has 0 fully saturated rings. The number of hydrogen-bond donors (Lipinski definition) is 1. The van der Waals surface area contributed by atoms with Gasteiger partial charge < -0.3 is 5.32 Å². The number of halogens is 6. The second-order valence-corrected chi connectivity index (χ2v) is 4.32. The van der Waals surface area contributed by atoms with E-state index in [4.69, 9.17) is 0 Å². The highest BCUT2D eigenvalue weighted by molar-refractivity contribution is 9.10. The average Bonchev–Trinajstić information content (AvgIpc) is 2.32. The van der Waals surface area contributed by atoms with Crippen molar-refractivity contribution in [3.05, 3.63) is 51.9 Å². The van der Waals surface area contributed by atoms with Gasteiger partial charge in [0.15, 0.2) is 17.5 Å². The van der Waals surface area contributed by atoms with Crippen molar-refractivity contribution in [2.45, 2.75) is 0 Å². The molecule has 1 aromatic heterocycles. The lowest BCUT2D eigenvalue weighted by Gasteiger charge is -2.09. The van der Waals surface area contributed by atoms with Crippen LogP contribution in [0.5, 0.6) is 0 Å². The van der Waals surface area contributed by atoms with Crippen molar-refractivity contribution >= 4 is 27.4 Å². The number of rotatable bonds is 2. The van der Waals surface area contributed by atoms with Crippen LogP contribution in [0.2, 0.25) is 0 Å². The summed E-state index contributed by atoms with van der Waals surface area (Å²) < 4.78 is 65.3. The summed E-state index contributed by atoms with van der Waals surface area (Å²) in [4.78, 5) is 2.93. The zero-order valence-corrected chi connectivity index (χ0v) is 10.5. The van der Waals surface area contributed by atoms with Crippen molar-refractivity contribution in [1.29, 1.82) is 0 Å². The summed E-state index contributed by atoms with van der Waals surface area (Å²) in [6.45, 7) is 0. The van der Waals surface area contributed by atoms with Crippen LogP contribution >= 0.6 is 15.9 Å². The van der Waals surface area contributed by atoms with Crippen molar-refractivity contribution < 1.29 is 22.0 Å². The molecule has 2 rings (SSSR count). The van der Waals surface area contributed by atoms with E-state index >= 15 is 0 Å². The minimum atomic E-state index is -1.55. The molecule has 1 heterocycles. The molecule has 0 radical (unpaired) electrons. The van der Waals surface area contributed by atoms with E-state index in [1.807, 2.05) is 5.32 Å². The van der Waals surface area contributed by atoms with Crippen molar-refractivity contribution in [3.63, 3.8) is 0 Å². The van der Waals surface area contributed by atoms with Crippen molar-refractivity contribution in [3.8, 4) is 0 Å². The van der Waals surface area contributed by atoms with Crippen LogP contribution in [-0.4, -0.2) is 4.98 Å². The summed E-state index contributed by atoms with van der Waals surface area (Å²) in [7, 11) is 0. The molecule has 0 atom stereocenters. The van der Waals surface area contributed by atoms with Crippen LogP contribution in [0.15, 0.2) is 22.7 Å². The number of benzene rings is 1. The standard InChI is InChI=1S/C11H4BrF5N2/c12-4-1-6(14)9(3-5(4)13)18-11-8(16)2-7(15)10(17)19-11/h1-3H,(H,18,19). The highest BCUT2D eigenvalue weighted by Gasteiger charge is 2.14. The molecule has 0 bridgehead atoms. The third-order valence-electron chi connectivity index (χ3n) is 2.15. The molecule has 2 aromatic rings.